The van der Waals surface area contributed by atoms with E-state index in [4.69, 9.17) is 9.47 Å². The van der Waals surface area contributed by atoms with Gasteiger partial charge in [-0.3, -0.25) is 0 Å². The van der Waals surface area contributed by atoms with Crippen molar-refractivity contribution in [2.75, 3.05) is 13.2 Å². The number of hydrogen-bond acceptors (Lipinski definition) is 4. The van der Waals surface area contributed by atoms with Gasteiger partial charge in [-0.25, -0.2) is 9.59 Å². The molecule has 0 rings (SSSR count). The summed E-state index contributed by atoms with van der Waals surface area (Å²) in [6, 6.07) is 0. The molecule has 126 valence electrons. The maximum Gasteiger partial charge on any atom is 0.333 e. The van der Waals surface area contributed by atoms with Crippen LogP contribution in [0.5, 0.6) is 0 Å². The van der Waals surface area contributed by atoms with Crippen molar-refractivity contribution < 1.29 is 19.1 Å². The van der Waals surface area contributed by atoms with Crippen molar-refractivity contribution in [3.05, 3.63) is 23.8 Å². The Labute approximate surface area is 134 Å². The van der Waals surface area contributed by atoms with E-state index in [1.165, 1.54) is 25.7 Å². The summed E-state index contributed by atoms with van der Waals surface area (Å²) in [7, 11) is 0. The van der Waals surface area contributed by atoms with Crippen LogP contribution in [0.25, 0.3) is 0 Å². The molecule has 0 aliphatic carbocycles. The highest BCUT2D eigenvalue weighted by Gasteiger charge is 2.06. The molecule has 0 aliphatic heterocycles. The van der Waals surface area contributed by atoms with Crippen molar-refractivity contribution in [2.45, 2.75) is 65.7 Å². The van der Waals surface area contributed by atoms with Crippen LogP contribution < -0.4 is 0 Å². The molecule has 0 N–H and O–H groups in total. The normalized spacial score (nSPS) is 11.1. The number of carbonyl (C=O) groups excluding carboxylic acids is 2. The molecule has 22 heavy (non-hydrogen) atoms. The van der Waals surface area contributed by atoms with E-state index in [9.17, 15) is 9.59 Å². The zero-order chi connectivity index (χ0) is 16.8. The molecule has 0 spiro atoms. The Hall–Kier alpha value is -1.58. The Morgan fingerprint density at radius 3 is 2.14 bits per heavy atom. The molecule has 0 saturated carbocycles. The lowest BCUT2D eigenvalue weighted by atomic mass is 10.1. The monoisotopic (exact) mass is 310 g/mol. The summed E-state index contributed by atoms with van der Waals surface area (Å²) in [5, 5.41) is 0. The molecule has 0 heterocycles. The largest absolute Gasteiger partial charge is 0.462 e. The van der Waals surface area contributed by atoms with Crippen LogP contribution in [0.3, 0.4) is 0 Å². The first-order valence-corrected chi connectivity index (χ1v) is 8.15. The Morgan fingerprint density at radius 1 is 0.909 bits per heavy atom. The van der Waals surface area contributed by atoms with Crippen LogP contribution in [0, 0.1) is 0 Å². The second-order valence-electron chi connectivity index (χ2n) is 5.50. The maximum atomic E-state index is 11.7. The summed E-state index contributed by atoms with van der Waals surface area (Å²) in [5.41, 5.74) is 0.927. The van der Waals surface area contributed by atoms with Crippen molar-refractivity contribution >= 4 is 11.9 Å². The summed E-state index contributed by atoms with van der Waals surface area (Å²) in [6.07, 6.45) is 9.22. The van der Waals surface area contributed by atoms with Crippen LogP contribution in [-0.4, -0.2) is 25.2 Å². The summed E-state index contributed by atoms with van der Waals surface area (Å²) in [6.45, 7) is 9.72. The third-order valence-electron chi connectivity index (χ3n) is 3.20. The minimum atomic E-state index is -0.406. The minimum absolute atomic E-state index is 0.244. The number of rotatable bonds is 12. The molecule has 4 nitrogen and oxygen atoms in total. The van der Waals surface area contributed by atoms with E-state index in [0.717, 1.165) is 12.8 Å². The molecule has 0 aromatic rings. The molecule has 0 saturated heterocycles. The lowest BCUT2D eigenvalue weighted by Gasteiger charge is -2.05. The fraction of sp³-hybridized carbons (Fsp3) is 0.667. The van der Waals surface area contributed by atoms with Crippen molar-refractivity contribution in [1.29, 1.82) is 0 Å². The van der Waals surface area contributed by atoms with E-state index in [2.05, 4.69) is 13.5 Å². The zero-order valence-electron chi connectivity index (χ0n) is 14.3. The quantitative estimate of drug-likeness (QED) is 0.305. The van der Waals surface area contributed by atoms with Gasteiger partial charge in [0.1, 0.15) is 0 Å². The van der Waals surface area contributed by atoms with E-state index < -0.39 is 5.97 Å². The SMILES string of the molecule is C=C(C)C(=O)OCCC=C(C)C(=O)OCCCCCCCC. The van der Waals surface area contributed by atoms with E-state index in [0.29, 0.717) is 24.2 Å². The number of ether oxygens (including phenoxy) is 2. The topological polar surface area (TPSA) is 52.6 Å². The molecule has 0 bridgehead atoms. The minimum Gasteiger partial charge on any atom is -0.462 e. The third kappa shape index (κ3) is 11.1. The summed E-state index contributed by atoms with van der Waals surface area (Å²) >= 11 is 0. The van der Waals surface area contributed by atoms with E-state index in [-0.39, 0.29) is 12.6 Å². The van der Waals surface area contributed by atoms with Crippen LogP contribution in [0.2, 0.25) is 0 Å². The van der Waals surface area contributed by atoms with Crippen LogP contribution in [0.15, 0.2) is 23.8 Å². The number of carbonyl (C=O) groups is 2. The third-order valence-corrected chi connectivity index (χ3v) is 3.20. The Bertz CT molecular complexity index is 383. The summed E-state index contributed by atoms with van der Waals surface area (Å²) in [4.78, 5) is 22.9. The van der Waals surface area contributed by atoms with Gasteiger partial charge in [-0.1, -0.05) is 51.7 Å². The first kappa shape index (κ1) is 20.4. The second kappa shape index (κ2) is 13.1. The molecule has 0 aromatic heterocycles. The molecule has 0 atom stereocenters. The molecule has 0 aliphatic rings. The van der Waals surface area contributed by atoms with Gasteiger partial charge in [0.25, 0.3) is 0 Å². The average molecular weight is 310 g/mol. The van der Waals surface area contributed by atoms with Gasteiger partial charge >= 0.3 is 11.9 Å². The molecular formula is C18H30O4. The second-order valence-corrected chi connectivity index (χ2v) is 5.50. The standard InChI is InChI=1S/C18H30O4/c1-5-6-7-8-9-10-13-22-18(20)16(4)12-11-14-21-17(19)15(2)3/h12H,2,5-11,13-14H2,1,3-4H3. The predicted molar refractivity (Wildman–Crippen MR) is 88.5 cm³/mol. The molecule has 0 radical (unpaired) electrons. The maximum absolute atomic E-state index is 11.7. The Kier molecular flexibility index (Phi) is 12.2. The Balaban J connectivity index is 3.71. The first-order valence-electron chi connectivity index (χ1n) is 8.15. The molecule has 0 fully saturated rings. The van der Waals surface area contributed by atoms with Gasteiger partial charge in [-0.15, -0.1) is 0 Å². The van der Waals surface area contributed by atoms with Gasteiger partial charge in [-0.05, 0) is 20.3 Å². The smallest absolute Gasteiger partial charge is 0.333 e. The highest BCUT2D eigenvalue weighted by Crippen LogP contribution is 2.06. The summed E-state index contributed by atoms with van der Waals surface area (Å²) < 4.78 is 10.1. The highest BCUT2D eigenvalue weighted by molar-refractivity contribution is 5.88. The fourth-order valence-electron chi connectivity index (χ4n) is 1.79. The van der Waals surface area contributed by atoms with Gasteiger partial charge in [0.15, 0.2) is 0 Å². The zero-order valence-corrected chi connectivity index (χ0v) is 14.3. The molecule has 4 heteroatoms. The van der Waals surface area contributed by atoms with Crippen LogP contribution in [-0.2, 0) is 19.1 Å². The first-order chi connectivity index (χ1) is 10.5. The number of unbranched alkanes of at least 4 members (excludes halogenated alkanes) is 5. The van der Waals surface area contributed by atoms with Gasteiger partial charge in [0.2, 0.25) is 0 Å². The molecule has 0 amide bonds. The fourth-order valence-corrected chi connectivity index (χ4v) is 1.79. The number of esters is 2. The average Bonchev–Trinajstić information content (AvgIpc) is 2.49. The van der Waals surface area contributed by atoms with Gasteiger partial charge in [0, 0.05) is 17.6 Å². The van der Waals surface area contributed by atoms with Crippen LogP contribution >= 0.6 is 0 Å². The van der Waals surface area contributed by atoms with Gasteiger partial charge in [-0.2, -0.15) is 0 Å². The van der Waals surface area contributed by atoms with Crippen LogP contribution in [0.1, 0.15) is 65.7 Å². The van der Waals surface area contributed by atoms with Crippen molar-refractivity contribution in [3.63, 3.8) is 0 Å². The molecular weight excluding hydrogens is 280 g/mol. The van der Waals surface area contributed by atoms with Crippen LogP contribution in [0.4, 0.5) is 0 Å². The van der Waals surface area contributed by atoms with E-state index in [1.54, 1.807) is 19.9 Å². The molecule has 0 unspecified atom stereocenters. The van der Waals surface area contributed by atoms with Gasteiger partial charge in [0.05, 0.1) is 13.2 Å². The summed E-state index contributed by atoms with van der Waals surface area (Å²) in [5.74, 6) is -0.698. The Morgan fingerprint density at radius 2 is 1.50 bits per heavy atom. The predicted octanol–water partition coefficient (Wildman–Crippen LogP) is 4.35. The van der Waals surface area contributed by atoms with Crippen molar-refractivity contribution in [2.24, 2.45) is 0 Å². The van der Waals surface area contributed by atoms with E-state index in [1.807, 2.05) is 0 Å². The number of hydrogen-bond donors (Lipinski definition) is 0. The lowest BCUT2D eigenvalue weighted by molar-refractivity contribution is -0.139. The van der Waals surface area contributed by atoms with Crippen molar-refractivity contribution in [1.82, 2.24) is 0 Å². The van der Waals surface area contributed by atoms with Gasteiger partial charge < -0.3 is 9.47 Å². The molecule has 0 aromatic carbocycles. The lowest BCUT2D eigenvalue weighted by Crippen LogP contribution is -2.08. The van der Waals surface area contributed by atoms with Crippen molar-refractivity contribution in [3.8, 4) is 0 Å². The highest BCUT2D eigenvalue weighted by atomic mass is 16.5. The van der Waals surface area contributed by atoms with E-state index >= 15 is 0 Å².